The summed E-state index contributed by atoms with van der Waals surface area (Å²) in [5.41, 5.74) is 0.722. The van der Waals surface area contributed by atoms with E-state index in [9.17, 15) is 9.18 Å². The van der Waals surface area contributed by atoms with Crippen LogP contribution >= 0.6 is 0 Å². The number of rotatable bonds is 5. The van der Waals surface area contributed by atoms with Crippen molar-refractivity contribution in [3.05, 3.63) is 54.1 Å². The van der Waals surface area contributed by atoms with Gasteiger partial charge in [-0.2, -0.15) is 0 Å². The van der Waals surface area contributed by atoms with E-state index in [0.717, 1.165) is 32.8 Å². The third-order valence-corrected chi connectivity index (χ3v) is 3.95. The number of morpholine rings is 1. The summed E-state index contributed by atoms with van der Waals surface area (Å²) in [5.74, 6) is -0.741. The smallest absolute Gasteiger partial charge is 0.272 e. The summed E-state index contributed by atoms with van der Waals surface area (Å²) >= 11 is 0. The molecule has 0 spiro atoms. The lowest BCUT2D eigenvalue weighted by Gasteiger charge is -2.26. The number of halogens is 1. The summed E-state index contributed by atoms with van der Waals surface area (Å²) in [4.78, 5) is 14.7. The van der Waals surface area contributed by atoms with Gasteiger partial charge in [0.15, 0.2) is 0 Å². The molecule has 1 amide bonds. The number of hydrogen-bond acceptors (Lipinski definition) is 3. The molecule has 1 N–H and O–H groups in total. The lowest BCUT2D eigenvalue weighted by molar-refractivity contribution is 0.0363. The zero-order chi connectivity index (χ0) is 16.1. The maximum absolute atomic E-state index is 13.6. The highest BCUT2D eigenvalue weighted by atomic mass is 19.1. The van der Waals surface area contributed by atoms with Crippen LogP contribution in [0, 0.1) is 5.82 Å². The van der Waals surface area contributed by atoms with E-state index in [4.69, 9.17) is 4.74 Å². The van der Waals surface area contributed by atoms with Crippen LogP contribution in [-0.4, -0.2) is 48.2 Å². The van der Waals surface area contributed by atoms with Gasteiger partial charge in [-0.3, -0.25) is 9.69 Å². The first-order chi connectivity index (χ1) is 11.2. The highest BCUT2D eigenvalue weighted by Crippen LogP contribution is 2.14. The molecule has 0 radical (unpaired) electrons. The third-order valence-electron chi connectivity index (χ3n) is 3.95. The number of nitrogens with one attached hydrogen (secondary N) is 1. The summed E-state index contributed by atoms with van der Waals surface area (Å²) < 4.78 is 20.9. The molecule has 0 unspecified atom stereocenters. The van der Waals surface area contributed by atoms with Crippen molar-refractivity contribution in [3.8, 4) is 0 Å². The maximum atomic E-state index is 13.6. The molecule has 1 aliphatic heterocycles. The monoisotopic (exact) mass is 317 g/mol. The Kier molecular flexibility index (Phi) is 5.05. The number of anilines is 1. The van der Waals surface area contributed by atoms with Crippen LogP contribution < -0.4 is 5.32 Å². The van der Waals surface area contributed by atoms with Crippen molar-refractivity contribution in [3.63, 3.8) is 0 Å². The van der Waals surface area contributed by atoms with Gasteiger partial charge in [0.25, 0.3) is 5.91 Å². The molecule has 1 fully saturated rings. The lowest BCUT2D eigenvalue weighted by Crippen LogP contribution is -2.38. The van der Waals surface area contributed by atoms with E-state index in [-0.39, 0.29) is 11.6 Å². The Morgan fingerprint density at radius 1 is 1.13 bits per heavy atom. The van der Waals surface area contributed by atoms with Crippen molar-refractivity contribution < 1.29 is 13.9 Å². The molecule has 122 valence electrons. The Morgan fingerprint density at radius 3 is 2.70 bits per heavy atom. The minimum absolute atomic E-state index is 0.193. The van der Waals surface area contributed by atoms with Gasteiger partial charge in [-0.1, -0.05) is 12.1 Å². The molecule has 1 aliphatic rings. The number of nitrogens with zero attached hydrogens (tertiary/aromatic N) is 2. The van der Waals surface area contributed by atoms with E-state index < -0.39 is 5.82 Å². The van der Waals surface area contributed by atoms with E-state index >= 15 is 0 Å². The first kappa shape index (κ1) is 15.7. The van der Waals surface area contributed by atoms with Crippen LogP contribution in [0.1, 0.15) is 10.5 Å². The van der Waals surface area contributed by atoms with Crippen molar-refractivity contribution in [2.75, 3.05) is 38.2 Å². The maximum Gasteiger partial charge on any atom is 0.272 e. The second-order valence-electron chi connectivity index (χ2n) is 5.47. The van der Waals surface area contributed by atoms with Crippen LogP contribution in [-0.2, 0) is 11.3 Å². The summed E-state index contributed by atoms with van der Waals surface area (Å²) in [5, 5.41) is 2.62. The average molecular weight is 317 g/mol. The average Bonchev–Trinajstić information content (AvgIpc) is 3.05. The van der Waals surface area contributed by atoms with Crippen LogP contribution in [0.25, 0.3) is 0 Å². The number of carbonyl (C=O) groups excluding carboxylic acids is 1. The normalized spacial score (nSPS) is 15.5. The van der Waals surface area contributed by atoms with E-state index in [1.54, 1.807) is 24.3 Å². The van der Waals surface area contributed by atoms with E-state index in [2.05, 4.69) is 10.2 Å². The molecular weight excluding hydrogens is 297 g/mol. The second kappa shape index (κ2) is 7.39. The van der Waals surface area contributed by atoms with Crippen LogP contribution in [0.4, 0.5) is 10.1 Å². The molecule has 23 heavy (non-hydrogen) atoms. The number of para-hydroxylation sites is 1. The summed E-state index contributed by atoms with van der Waals surface area (Å²) in [6.07, 6.45) is 1.87. The molecule has 1 saturated heterocycles. The van der Waals surface area contributed by atoms with E-state index in [1.807, 2.05) is 16.8 Å². The zero-order valence-electron chi connectivity index (χ0n) is 12.9. The quantitative estimate of drug-likeness (QED) is 0.920. The minimum Gasteiger partial charge on any atom is -0.379 e. The molecular formula is C17H20FN3O2. The number of hydrogen-bond donors (Lipinski definition) is 1. The molecule has 2 heterocycles. The van der Waals surface area contributed by atoms with Gasteiger partial charge in [-0.05, 0) is 24.3 Å². The molecule has 1 aromatic carbocycles. The van der Waals surface area contributed by atoms with Crippen molar-refractivity contribution >= 4 is 11.6 Å². The third kappa shape index (κ3) is 3.97. The molecule has 0 atom stereocenters. The Hall–Kier alpha value is -2.18. The van der Waals surface area contributed by atoms with Crippen molar-refractivity contribution in [1.82, 2.24) is 9.47 Å². The molecule has 0 bridgehead atoms. The summed E-state index contributed by atoms with van der Waals surface area (Å²) in [6, 6.07) is 9.73. The number of ether oxygens (including phenoxy) is 1. The highest BCUT2D eigenvalue weighted by Gasteiger charge is 2.15. The number of amides is 1. The largest absolute Gasteiger partial charge is 0.379 e. The zero-order valence-corrected chi connectivity index (χ0v) is 12.9. The SMILES string of the molecule is O=C(Nc1ccccc1F)c1cccn1CCN1CCOCC1. The number of carbonyl (C=O) groups is 1. The Morgan fingerprint density at radius 2 is 1.91 bits per heavy atom. The van der Waals surface area contributed by atoms with E-state index in [1.165, 1.54) is 6.07 Å². The van der Waals surface area contributed by atoms with Gasteiger partial charge in [0, 0.05) is 32.4 Å². The van der Waals surface area contributed by atoms with Gasteiger partial charge < -0.3 is 14.6 Å². The predicted octanol–water partition coefficient (Wildman–Crippen LogP) is 2.21. The topological polar surface area (TPSA) is 46.5 Å². The number of aromatic nitrogens is 1. The second-order valence-corrected chi connectivity index (χ2v) is 5.47. The number of benzene rings is 1. The molecule has 5 nitrogen and oxygen atoms in total. The fourth-order valence-corrected chi connectivity index (χ4v) is 2.64. The lowest BCUT2D eigenvalue weighted by atomic mass is 10.3. The Balaban J connectivity index is 1.63. The van der Waals surface area contributed by atoms with Gasteiger partial charge in [-0.25, -0.2) is 4.39 Å². The molecule has 1 aromatic heterocycles. The Bertz CT molecular complexity index is 665. The molecule has 2 aromatic rings. The summed E-state index contributed by atoms with van der Waals surface area (Å²) in [6.45, 7) is 4.92. The molecule has 0 saturated carbocycles. The van der Waals surface area contributed by atoms with Crippen LogP contribution in [0.5, 0.6) is 0 Å². The van der Waals surface area contributed by atoms with Gasteiger partial charge in [-0.15, -0.1) is 0 Å². The standard InChI is InChI=1S/C17H20FN3O2/c18-14-4-1-2-5-15(14)19-17(22)16-6-3-7-21(16)9-8-20-10-12-23-13-11-20/h1-7H,8-13H2,(H,19,22). The van der Waals surface area contributed by atoms with Crippen molar-refractivity contribution in [2.45, 2.75) is 6.54 Å². The van der Waals surface area contributed by atoms with Crippen LogP contribution in [0.2, 0.25) is 0 Å². The molecule has 3 rings (SSSR count). The van der Waals surface area contributed by atoms with Gasteiger partial charge in [0.2, 0.25) is 0 Å². The molecule has 0 aliphatic carbocycles. The predicted molar refractivity (Wildman–Crippen MR) is 86.0 cm³/mol. The highest BCUT2D eigenvalue weighted by molar-refractivity contribution is 6.03. The molecule has 6 heteroatoms. The van der Waals surface area contributed by atoms with Gasteiger partial charge >= 0.3 is 0 Å². The van der Waals surface area contributed by atoms with Crippen LogP contribution in [0.15, 0.2) is 42.6 Å². The van der Waals surface area contributed by atoms with E-state index in [0.29, 0.717) is 12.2 Å². The summed E-state index contributed by atoms with van der Waals surface area (Å²) in [7, 11) is 0. The first-order valence-electron chi connectivity index (χ1n) is 7.75. The van der Waals surface area contributed by atoms with Gasteiger partial charge in [0.1, 0.15) is 11.5 Å². The fourth-order valence-electron chi connectivity index (χ4n) is 2.64. The van der Waals surface area contributed by atoms with Crippen LogP contribution in [0.3, 0.4) is 0 Å². The first-order valence-corrected chi connectivity index (χ1v) is 7.75. The Labute approximate surface area is 134 Å². The fraction of sp³-hybridized carbons (Fsp3) is 0.353. The van der Waals surface area contributed by atoms with Crippen molar-refractivity contribution in [1.29, 1.82) is 0 Å². The minimum atomic E-state index is -0.438. The van der Waals surface area contributed by atoms with Crippen molar-refractivity contribution in [2.24, 2.45) is 0 Å². The van der Waals surface area contributed by atoms with Gasteiger partial charge in [0.05, 0.1) is 18.9 Å².